The Labute approximate surface area is 151 Å². The number of carbonyl (C=O) groups is 1. The van der Waals surface area contributed by atoms with Crippen molar-refractivity contribution in [2.24, 2.45) is 0 Å². The van der Waals surface area contributed by atoms with Crippen LogP contribution in [-0.4, -0.2) is 13.0 Å². The zero-order chi connectivity index (χ0) is 17.6. The first-order valence-corrected chi connectivity index (χ1v) is 8.10. The number of amides is 1. The maximum atomic E-state index is 12.2. The number of anilines is 3. The highest BCUT2D eigenvalue weighted by molar-refractivity contribution is 6.30. The lowest BCUT2D eigenvalue weighted by Crippen LogP contribution is -2.11. The molecule has 3 rings (SSSR count). The quantitative estimate of drug-likeness (QED) is 0.651. The Morgan fingerprint density at radius 3 is 2.24 bits per heavy atom. The maximum Gasteiger partial charge on any atom is 0.255 e. The zero-order valence-corrected chi connectivity index (χ0v) is 14.4. The molecule has 0 unspecified atom stereocenters. The summed E-state index contributed by atoms with van der Waals surface area (Å²) in [5, 5.41) is 6.75. The molecule has 0 saturated carbocycles. The van der Waals surface area contributed by atoms with Crippen molar-refractivity contribution in [3.8, 4) is 5.75 Å². The van der Waals surface area contributed by atoms with E-state index in [1.54, 1.807) is 31.4 Å². The van der Waals surface area contributed by atoms with E-state index in [0.29, 0.717) is 10.6 Å². The Morgan fingerprint density at radius 1 is 0.880 bits per heavy atom. The molecule has 0 spiro atoms. The number of hydrogen-bond donors (Lipinski definition) is 2. The van der Waals surface area contributed by atoms with Crippen LogP contribution in [0.25, 0.3) is 0 Å². The van der Waals surface area contributed by atoms with Gasteiger partial charge in [0.05, 0.1) is 7.11 Å². The molecule has 0 heterocycles. The molecule has 25 heavy (non-hydrogen) atoms. The van der Waals surface area contributed by atoms with E-state index in [1.165, 1.54) is 0 Å². The fraction of sp³-hybridized carbons (Fsp3) is 0.0500. The van der Waals surface area contributed by atoms with Gasteiger partial charge in [-0.05, 0) is 60.7 Å². The van der Waals surface area contributed by atoms with Crippen LogP contribution in [0.2, 0.25) is 5.02 Å². The summed E-state index contributed by atoms with van der Waals surface area (Å²) >= 11 is 5.83. The molecule has 0 aliphatic carbocycles. The van der Waals surface area contributed by atoms with Gasteiger partial charge in [-0.2, -0.15) is 0 Å². The smallest absolute Gasteiger partial charge is 0.255 e. The molecule has 0 aromatic heterocycles. The molecule has 3 aromatic carbocycles. The summed E-state index contributed by atoms with van der Waals surface area (Å²) in [4.78, 5) is 12.2. The van der Waals surface area contributed by atoms with Gasteiger partial charge in [-0.1, -0.05) is 17.7 Å². The maximum absolute atomic E-state index is 12.2. The molecule has 0 saturated heterocycles. The van der Waals surface area contributed by atoms with Crippen molar-refractivity contribution in [1.82, 2.24) is 0 Å². The molecule has 5 heteroatoms. The van der Waals surface area contributed by atoms with Gasteiger partial charge in [0.2, 0.25) is 0 Å². The standard InChI is InChI=1S/C20H17ClN2O2/c1-25-19-4-2-3-18(13-19)22-16-9-11-17(12-10-16)23-20(24)14-5-7-15(21)8-6-14/h2-13,22H,1H3,(H,23,24). The molecule has 0 bridgehead atoms. The monoisotopic (exact) mass is 352 g/mol. The van der Waals surface area contributed by atoms with Gasteiger partial charge in [0.15, 0.2) is 0 Å². The van der Waals surface area contributed by atoms with Crippen molar-refractivity contribution in [3.05, 3.63) is 83.4 Å². The molecule has 1 amide bonds. The zero-order valence-electron chi connectivity index (χ0n) is 13.6. The Morgan fingerprint density at radius 2 is 1.56 bits per heavy atom. The third kappa shape index (κ3) is 4.52. The molecule has 126 valence electrons. The van der Waals surface area contributed by atoms with Crippen molar-refractivity contribution in [1.29, 1.82) is 0 Å². The number of nitrogens with one attached hydrogen (secondary N) is 2. The second kappa shape index (κ2) is 7.73. The van der Waals surface area contributed by atoms with Crippen molar-refractivity contribution in [2.45, 2.75) is 0 Å². The summed E-state index contributed by atoms with van der Waals surface area (Å²) in [6, 6.07) is 21.9. The van der Waals surface area contributed by atoms with Crippen LogP contribution in [0.15, 0.2) is 72.8 Å². The van der Waals surface area contributed by atoms with Gasteiger partial charge in [0.1, 0.15) is 5.75 Å². The molecule has 0 fully saturated rings. The SMILES string of the molecule is COc1cccc(Nc2ccc(NC(=O)c3ccc(Cl)cc3)cc2)c1. The van der Waals surface area contributed by atoms with Crippen molar-refractivity contribution in [3.63, 3.8) is 0 Å². The first-order chi connectivity index (χ1) is 12.1. The largest absolute Gasteiger partial charge is 0.497 e. The summed E-state index contributed by atoms with van der Waals surface area (Å²) in [6.45, 7) is 0. The van der Waals surface area contributed by atoms with E-state index >= 15 is 0 Å². The van der Waals surface area contributed by atoms with Crippen LogP contribution >= 0.6 is 11.6 Å². The summed E-state index contributed by atoms with van der Waals surface area (Å²) in [6.07, 6.45) is 0. The Bertz CT molecular complexity index is 862. The van der Waals surface area contributed by atoms with Crippen LogP contribution in [0.5, 0.6) is 5.75 Å². The van der Waals surface area contributed by atoms with Gasteiger partial charge in [-0.25, -0.2) is 0 Å². The fourth-order valence-corrected chi connectivity index (χ4v) is 2.43. The third-order valence-corrected chi connectivity index (χ3v) is 3.86. The van der Waals surface area contributed by atoms with Gasteiger partial charge >= 0.3 is 0 Å². The molecule has 0 atom stereocenters. The molecular weight excluding hydrogens is 336 g/mol. The van der Waals surface area contributed by atoms with Crippen molar-refractivity contribution in [2.75, 3.05) is 17.7 Å². The predicted molar refractivity (Wildman–Crippen MR) is 102 cm³/mol. The lowest BCUT2D eigenvalue weighted by atomic mass is 10.2. The summed E-state index contributed by atoms with van der Waals surface area (Å²) in [5.74, 6) is 0.613. The first-order valence-electron chi connectivity index (χ1n) is 7.72. The normalized spacial score (nSPS) is 10.2. The minimum Gasteiger partial charge on any atom is -0.497 e. The summed E-state index contributed by atoms with van der Waals surface area (Å²) in [7, 11) is 1.64. The van der Waals surface area contributed by atoms with Crippen molar-refractivity contribution >= 4 is 34.6 Å². The van der Waals surface area contributed by atoms with Crippen molar-refractivity contribution < 1.29 is 9.53 Å². The molecule has 2 N–H and O–H groups in total. The van der Waals surface area contributed by atoms with Crippen LogP contribution in [0, 0.1) is 0 Å². The van der Waals surface area contributed by atoms with E-state index in [1.807, 2.05) is 48.5 Å². The second-order valence-electron chi connectivity index (χ2n) is 5.40. The highest BCUT2D eigenvalue weighted by Crippen LogP contribution is 2.22. The number of benzene rings is 3. The minimum absolute atomic E-state index is 0.176. The van der Waals surface area contributed by atoms with Crippen LogP contribution in [0.1, 0.15) is 10.4 Å². The van der Waals surface area contributed by atoms with Gasteiger partial charge in [-0.3, -0.25) is 4.79 Å². The van der Waals surface area contributed by atoms with E-state index in [9.17, 15) is 4.79 Å². The van der Waals surface area contributed by atoms with E-state index in [-0.39, 0.29) is 5.91 Å². The van der Waals surface area contributed by atoms with E-state index < -0.39 is 0 Å². The number of ether oxygens (including phenoxy) is 1. The van der Waals surface area contributed by atoms with Crippen LogP contribution < -0.4 is 15.4 Å². The highest BCUT2D eigenvalue weighted by atomic mass is 35.5. The lowest BCUT2D eigenvalue weighted by Gasteiger charge is -2.10. The average Bonchev–Trinajstić information content (AvgIpc) is 2.64. The number of hydrogen-bond acceptors (Lipinski definition) is 3. The topological polar surface area (TPSA) is 50.4 Å². The van der Waals surface area contributed by atoms with Gasteiger partial charge in [0.25, 0.3) is 5.91 Å². The van der Waals surface area contributed by atoms with E-state index in [2.05, 4.69) is 10.6 Å². The fourth-order valence-electron chi connectivity index (χ4n) is 2.31. The molecular formula is C20H17ClN2O2. The Balaban J connectivity index is 1.65. The first kappa shape index (κ1) is 16.9. The highest BCUT2D eigenvalue weighted by Gasteiger charge is 2.06. The second-order valence-corrected chi connectivity index (χ2v) is 5.83. The van der Waals surface area contributed by atoms with Gasteiger partial charge < -0.3 is 15.4 Å². The predicted octanol–water partition coefficient (Wildman–Crippen LogP) is 5.34. The van der Waals surface area contributed by atoms with Gasteiger partial charge in [0, 0.05) is 33.7 Å². The molecule has 3 aromatic rings. The minimum atomic E-state index is -0.176. The van der Waals surface area contributed by atoms with E-state index in [0.717, 1.165) is 22.8 Å². The number of halogens is 1. The Kier molecular flexibility index (Phi) is 5.21. The van der Waals surface area contributed by atoms with Crippen LogP contribution in [0.4, 0.5) is 17.1 Å². The van der Waals surface area contributed by atoms with Crippen LogP contribution in [-0.2, 0) is 0 Å². The number of methoxy groups -OCH3 is 1. The molecule has 0 aliphatic rings. The average molecular weight is 353 g/mol. The molecule has 0 aliphatic heterocycles. The molecule has 0 radical (unpaired) electrons. The summed E-state index contributed by atoms with van der Waals surface area (Å²) < 4.78 is 5.21. The lowest BCUT2D eigenvalue weighted by molar-refractivity contribution is 0.102. The number of carbonyl (C=O) groups excluding carboxylic acids is 1. The van der Waals surface area contributed by atoms with E-state index in [4.69, 9.17) is 16.3 Å². The summed E-state index contributed by atoms with van der Waals surface area (Å²) in [5.41, 5.74) is 3.12. The van der Waals surface area contributed by atoms with Crippen LogP contribution in [0.3, 0.4) is 0 Å². The number of rotatable bonds is 5. The molecule has 4 nitrogen and oxygen atoms in total. The van der Waals surface area contributed by atoms with Gasteiger partial charge in [-0.15, -0.1) is 0 Å². The third-order valence-electron chi connectivity index (χ3n) is 3.61. The Hall–Kier alpha value is -2.98.